The Labute approximate surface area is 94.5 Å². The number of alkyl halides is 3. The average Bonchev–Trinajstić information content (AvgIpc) is 1.95. The quantitative estimate of drug-likeness (QED) is 0.795. The number of hydrogen-bond donors (Lipinski definition) is 1. The highest BCUT2D eigenvalue weighted by Gasteiger charge is 2.33. The second kappa shape index (κ2) is 3.98. The van der Waals surface area contributed by atoms with Gasteiger partial charge in [-0.3, -0.25) is 0 Å². The molecule has 1 rings (SSSR count). The third-order valence-electron chi connectivity index (χ3n) is 1.25. The van der Waals surface area contributed by atoms with Gasteiger partial charge < -0.3 is 10.5 Å². The fourth-order valence-electron chi connectivity index (χ4n) is 0.804. The van der Waals surface area contributed by atoms with Crippen LogP contribution in [0.1, 0.15) is 0 Å². The summed E-state index contributed by atoms with van der Waals surface area (Å²) in [6, 6.07) is 2.74. The van der Waals surface area contributed by atoms with Crippen LogP contribution in [0.5, 0.6) is 5.75 Å². The minimum atomic E-state index is -4.75. The summed E-state index contributed by atoms with van der Waals surface area (Å²) < 4.78 is 40.1. The molecule has 2 N–H and O–H groups in total. The van der Waals surface area contributed by atoms with E-state index in [2.05, 4.69) is 36.6 Å². The summed E-state index contributed by atoms with van der Waals surface area (Å²) in [5.74, 6) is -0.430. The second-order valence-corrected chi connectivity index (χ2v) is 4.12. The Balaban J connectivity index is 3.09. The van der Waals surface area contributed by atoms with E-state index in [9.17, 15) is 13.2 Å². The fourth-order valence-corrected chi connectivity index (χ4v) is 2.14. The standard InChI is InChI=1S/C7H4Br2F3NO/c8-3-1-4(9)6(5(13)2-3)14-7(10,11)12/h1-2H,13H2. The van der Waals surface area contributed by atoms with Crippen LogP contribution in [0.15, 0.2) is 21.1 Å². The van der Waals surface area contributed by atoms with Crippen molar-refractivity contribution in [3.63, 3.8) is 0 Å². The molecule has 0 aliphatic rings. The van der Waals surface area contributed by atoms with Gasteiger partial charge in [-0.15, -0.1) is 13.2 Å². The molecule has 0 bridgehead atoms. The van der Waals surface area contributed by atoms with Crippen molar-refractivity contribution in [2.75, 3.05) is 5.73 Å². The summed E-state index contributed by atoms with van der Waals surface area (Å²) in [6.45, 7) is 0. The monoisotopic (exact) mass is 333 g/mol. The van der Waals surface area contributed by atoms with Gasteiger partial charge in [-0.25, -0.2) is 0 Å². The summed E-state index contributed by atoms with van der Waals surface area (Å²) in [7, 11) is 0. The molecule has 0 aliphatic carbocycles. The molecule has 0 heterocycles. The maximum atomic E-state index is 11.9. The number of anilines is 1. The zero-order valence-electron chi connectivity index (χ0n) is 6.53. The molecule has 1 aromatic rings. The maximum absolute atomic E-state index is 11.9. The van der Waals surface area contributed by atoms with E-state index in [-0.39, 0.29) is 10.2 Å². The molecule has 78 valence electrons. The molecule has 0 radical (unpaired) electrons. The molecule has 0 saturated heterocycles. The van der Waals surface area contributed by atoms with Crippen molar-refractivity contribution in [3.05, 3.63) is 21.1 Å². The van der Waals surface area contributed by atoms with Gasteiger partial charge in [0.1, 0.15) is 0 Å². The number of rotatable bonds is 1. The van der Waals surface area contributed by atoms with Gasteiger partial charge in [0.05, 0.1) is 10.2 Å². The molecule has 0 spiro atoms. The number of nitrogens with two attached hydrogens (primary N) is 1. The third kappa shape index (κ3) is 3.06. The van der Waals surface area contributed by atoms with E-state index >= 15 is 0 Å². The Morgan fingerprint density at radius 2 is 1.79 bits per heavy atom. The van der Waals surface area contributed by atoms with Crippen LogP contribution < -0.4 is 10.5 Å². The zero-order chi connectivity index (χ0) is 10.9. The molecule has 0 fully saturated rings. The van der Waals surface area contributed by atoms with E-state index < -0.39 is 12.1 Å². The minimum Gasteiger partial charge on any atom is -0.402 e. The van der Waals surface area contributed by atoms with E-state index in [0.29, 0.717) is 4.47 Å². The molecule has 2 nitrogen and oxygen atoms in total. The first kappa shape index (κ1) is 11.6. The largest absolute Gasteiger partial charge is 0.573 e. The van der Waals surface area contributed by atoms with Crippen LogP contribution >= 0.6 is 31.9 Å². The average molecular weight is 335 g/mol. The molecule has 14 heavy (non-hydrogen) atoms. The lowest BCUT2D eigenvalue weighted by atomic mass is 10.3. The Bertz CT molecular complexity index is 330. The highest BCUT2D eigenvalue weighted by atomic mass is 79.9. The normalized spacial score (nSPS) is 11.5. The predicted molar refractivity (Wildman–Crippen MR) is 52.9 cm³/mol. The van der Waals surface area contributed by atoms with Crippen LogP contribution in [0.4, 0.5) is 18.9 Å². The van der Waals surface area contributed by atoms with Gasteiger partial charge in [0.15, 0.2) is 5.75 Å². The first-order valence-corrected chi connectivity index (χ1v) is 4.88. The number of benzene rings is 1. The molecule has 0 aromatic heterocycles. The molecule has 1 aromatic carbocycles. The van der Waals surface area contributed by atoms with Gasteiger partial charge in [-0.1, -0.05) is 15.9 Å². The lowest BCUT2D eigenvalue weighted by Gasteiger charge is -2.12. The van der Waals surface area contributed by atoms with Gasteiger partial charge in [0.25, 0.3) is 0 Å². The van der Waals surface area contributed by atoms with Crippen LogP contribution in [-0.2, 0) is 0 Å². The molecule has 7 heteroatoms. The summed E-state index contributed by atoms with van der Waals surface area (Å²) in [5, 5.41) is 0. The number of halogens is 5. The van der Waals surface area contributed by atoms with Crippen LogP contribution in [-0.4, -0.2) is 6.36 Å². The Morgan fingerprint density at radius 1 is 1.21 bits per heavy atom. The maximum Gasteiger partial charge on any atom is 0.573 e. The molecular formula is C7H4Br2F3NO. The van der Waals surface area contributed by atoms with Crippen molar-refractivity contribution >= 4 is 37.5 Å². The molecule has 0 aliphatic heterocycles. The Kier molecular flexibility index (Phi) is 3.31. The molecular weight excluding hydrogens is 331 g/mol. The summed E-state index contributed by atoms with van der Waals surface area (Å²) in [5.41, 5.74) is 5.25. The molecule has 0 saturated carbocycles. The molecule has 0 unspecified atom stereocenters. The van der Waals surface area contributed by atoms with Crippen molar-refractivity contribution in [2.24, 2.45) is 0 Å². The topological polar surface area (TPSA) is 35.2 Å². The van der Waals surface area contributed by atoms with Gasteiger partial charge in [-0.2, -0.15) is 0 Å². The highest BCUT2D eigenvalue weighted by Crippen LogP contribution is 2.37. The van der Waals surface area contributed by atoms with E-state index in [1.165, 1.54) is 12.1 Å². The predicted octanol–water partition coefficient (Wildman–Crippen LogP) is 3.69. The van der Waals surface area contributed by atoms with E-state index in [1.54, 1.807) is 0 Å². The van der Waals surface area contributed by atoms with E-state index in [4.69, 9.17) is 5.73 Å². The number of nitrogen functional groups attached to an aromatic ring is 1. The first-order valence-electron chi connectivity index (χ1n) is 3.30. The van der Waals surface area contributed by atoms with Crippen LogP contribution in [0.2, 0.25) is 0 Å². The number of hydrogen-bond acceptors (Lipinski definition) is 2. The van der Waals surface area contributed by atoms with Gasteiger partial charge >= 0.3 is 6.36 Å². The Morgan fingerprint density at radius 3 is 2.21 bits per heavy atom. The molecule has 0 amide bonds. The first-order chi connectivity index (χ1) is 6.29. The summed E-state index contributed by atoms with van der Waals surface area (Å²) in [4.78, 5) is 0. The minimum absolute atomic E-state index is 0.0939. The highest BCUT2D eigenvalue weighted by molar-refractivity contribution is 9.11. The van der Waals surface area contributed by atoms with Crippen molar-refractivity contribution in [1.29, 1.82) is 0 Å². The lowest BCUT2D eigenvalue weighted by molar-refractivity contribution is -0.274. The van der Waals surface area contributed by atoms with Crippen LogP contribution in [0.25, 0.3) is 0 Å². The smallest absolute Gasteiger partial charge is 0.402 e. The summed E-state index contributed by atoms with van der Waals surface area (Å²) in [6.07, 6.45) is -4.75. The Hall–Kier alpha value is -0.430. The van der Waals surface area contributed by atoms with Crippen LogP contribution in [0, 0.1) is 0 Å². The third-order valence-corrected chi connectivity index (χ3v) is 2.30. The SMILES string of the molecule is Nc1cc(Br)cc(Br)c1OC(F)(F)F. The van der Waals surface area contributed by atoms with Crippen molar-refractivity contribution in [2.45, 2.75) is 6.36 Å². The van der Waals surface area contributed by atoms with E-state index in [1.807, 2.05) is 0 Å². The second-order valence-electron chi connectivity index (χ2n) is 2.35. The van der Waals surface area contributed by atoms with Crippen molar-refractivity contribution in [3.8, 4) is 5.75 Å². The lowest BCUT2D eigenvalue weighted by Crippen LogP contribution is -2.18. The summed E-state index contributed by atoms with van der Waals surface area (Å²) >= 11 is 6.00. The fraction of sp³-hybridized carbons (Fsp3) is 0.143. The van der Waals surface area contributed by atoms with Crippen molar-refractivity contribution in [1.82, 2.24) is 0 Å². The van der Waals surface area contributed by atoms with Gasteiger partial charge in [0, 0.05) is 4.47 Å². The van der Waals surface area contributed by atoms with Crippen molar-refractivity contribution < 1.29 is 17.9 Å². The van der Waals surface area contributed by atoms with Gasteiger partial charge in [-0.05, 0) is 28.1 Å². The zero-order valence-corrected chi connectivity index (χ0v) is 9.70. The van der Waals surface area contributed by atoms with E-state index in [0.717, 1.165) is 0 Å². The number of ether oxygens (including phenoxy) is 1. The van der Waals surface area contributed by atoms with Crippen LogP contribution in [0.3, 0.4) is 0 Å². The molecule has 0 atom stereocenters. The van der Waals surface area contributed by atoms with Gasteiger partial charge in [0.2, 0.25) is 0 Å².